The summed E-state index contributed by atoms with van der Waals surface area (Å²) >= 11 is 0. The third-order valence-electron chi connectivity index (χ3n) is 4.93. The summed E-state index contributed by atoms with van der Waals surface area (Å²) in [6.07, 6.45) is 4.12. The molecule has 0 aromatic carbocycles. The summed E-state index contributed by atoms with van der Waals surface area (Å²) in [7, 11) is 0. The third kappa shape index (κ3) is 3.86. The van der Waals surface area contributed by atoms with Crippen LogP contribution in [0.1, 0.15) is 52.4 Å². The molecule has 146 valence electrons. The van der Waals surface area contributed by atoms with Gasteiger partial charge in [-0.25, -0.2) is 4.79 Å². The zero-order chi connectivity index (χ0) is 19.6. The van der Waals surface area contributed by atoms with Crippen LogP contribution in [0.4, 0.5) is 11.6 Å². The Morgan fingerprint density at radius 3 is 2.74 bits per heavy atom. The largest absolute Gasteiger partial charge is 0.475 e. The molecule has 1 saturated carbocycles. The van der Waals surface area contributed by atoms with E-state index in [-0.39, 0.29) is 17.7 Å². The molecule has 0 radical (unpaired) electrons. The highest BCUT2D eigenvalue weighted by molar-refractivity contribution is 6.03. The molecule has 2 atom stereocenters. The maximum absolute atomic E-state index is 12.8. The first kappa shape index (κ1) is 19.1. The van der Waals surface area contributed by atoms with E-state index in [1.165, 1.54) is 17.0 Å². The van der Waals surface area contributed by atoms with E-state index in [1.54, 1.807) is 13.8 Å². The van der Waals surface area contributed by atoms with E-state index in [2.05, 4.69) is 4.98 Å². The monoisotopic (exact) mass is 377 g/mol. The van der Waals surface area contributed by atoms with Gasteiger partial charge in [-0.1, -0.05) is 13.3 Å². The number of anilines is 1. The number of aromatic nitrogens is 1. The molecule has 9 heteroatoms. The molecule has 1 aromatic heterocycles. The van der Waals surface area contributed by atoms with Crippen molar-refractivity contribution in [1.82, 2.24) is 4.98 Å². The first-order valence-electron chi connectivity index (χ1n) is 9.28. The zero-order valence-electron chi connectivity index (χ0n) is 15.4. The lowest BCUT2D eigenvalue weighted by Crippen LogP contribution is -2.53. The number of pyridine rings is 1. The lowest BCUT2D eigenvalue weighted by atomic mass is 9.97. The number of carbonyl (C=O) groups is 2. The SMILES string of the molecule is CCC(C(=O)OC1CCCCC1)N1C(=O)C(C)Oc2ccc([N+](=O)[O-])nc21. The fourth-order valence-electron chi connectivity index (χ4n) is 3.51. The summed E-state index contributed by atoms with van der Waals surface area (Å²) in [5.74, 6) is -1.18. The van der Waals surface area contributed by atoms with Gasteiger partial charge >= 0.3 is 11.8 Å². The highest BCUT2D eigenvalue weighted by Crippen LogP contribution is 2.36. The molecule has 0 saturated heterocycles. The fraction of sp³-hybridized carbons (Fsp3) is 0.611. The van der Waals surface area contributed by atoms with Crippen molar-refractivity contribution in [2.24, 2.45) is 0 Å². The smallest absolute Gasteiger partial charge is 0.366 e. The molecule has 0 N–H and O–H groups in total. The Bertz CT molecular complexity index is 747. The molecule has 1 aliphatic carbocycles. The number of esters is 1. The van der Waals surface area contributed by atoms with E-state index in [4.69, 9.17) is 9.47 Å². The van der Waals surface area contributed by atoms with Crippen LogP contribution in [0.5, 0.6) is 5.75 Å². The van der Waals surface area contributed by atoms with Crippen LogP contribution in [0, 0.1) is 10.1 Å². The standard InChI is InChI=1S/C18H23N3O6/c1-3-13(18(23)27-12-7-5-4-6-8-12)20-16-14(26-11(2)17(20)22)9-10-15(19-16)21(24)25/h9-13H,3-8H2,1-2H3. The van der Waals surface area contributed by atoms with E-state index in [0.29, 0.717) is 6.42 Å². The van der Waals surface area contributed by atoms with E-state index in [0.717, 1.165) is 32.1 Å². The van der Waals surface area contributed by atoms with Gasteiger partial charge < -0.3 is 19.6 Å². The van der Waals surface area contributed by atoms with E-state index < -0.39 is 34.8 Å². The topological polar surface area (TPSA) is 112 Å². The van der Waals surface area contributed by atoms with E-state index >= 15 is 0 Å². The van der Waals surface area contributed by atoms with Crippen molar-refractivity contribution < 1.29 is 24.0 Å². The van der Waals surface area contributed by atoms with Gasteiger partial charge in [0.25, 0.3) is 11.7 Å². The Labute approximate surface area is 156 Å². The molecule has 1 fully saturated rings. The molecule has 0 spiro atoms. The lowest BCUT2D eigenvalue weighted by Gasteiger charge is -2.34. The zero-order valence-corrected chi connectivity index (χ0v) is 15.4. The average molecular weight is 377 g/mol. The Kier molecular flexibility index (Phi) is 5.57. The van der Waals surface area contributed by atoms with Crippen LogP contribution >= 0.6 is 0 Å². The van der Waals surface area contributed by atoms with Crippen molar-refractivity contribution in [3.63, 3.8) is 0 Å². The first-order chi connectivity index (χ1) is 12.9. The van der Waals surface area contributed by atoms with Gasteiger partial charge in [0.05, 0.1) is 0 Å². The second-order valence-electron chi connectivity index (χ2n) is 6.84. The van der Waals surface area contributed by atoms with Crippen molar-refractivity contribution in [3.8, 4) is 5.75 Å². The Morgan fingerprint density at radius 1 is 1.41 bits per heavy atom. The first-order valence-corrected chi connectivity index (χ1v) is 9.28. The van der Waals surface area contributed by atoms with Crippen LogP contribution in [-0.4, -0.2) is 40.0 Å². The highest BCUT2D eigenvalue weighted by atomic mass is 16.6. The molecule has 0 bridgehead atoms. The minimum Gasteiger partial charge on any atom is -0.475 e. The Morgan fingerprint density at radius 2 is 2.11 bits per heavy atom. The number of rotatable bonds is 5. The average Bonchev–Trinajstić information content (AvgIpc) is 2.65. The predicted molar refractivity (Wildman–Crippen MR) is 95.5 cm³/mol. The highest BCUT2D eigenvalue weighted by Gasteiger charge is 2.43. The number of fused-ring (bicyclic) bond motifs is 1. The molecule has 1 aliphatic heterocycles. The summed E-state index contributed by atoms with van der Waals surface area (Å²) in [4.78, 5) is 41.1. The van der Waals surface area contributed by atoms with E-state index in [9.17, 15) is 19.7 Å². The number of hydrogen-bond acceptors (Lipinski definition) is 7. The fourth-order valence-corrected chi connectivity index (χ4v) is 3.51. The Hall–Kier alpha value is -2.71. The molecule has 2 heterocycles. The summed E-state index contributed by atoms with van der Waals surface area (Å²) in [6, 6.07) is 1.70. The molecule has 2 unspecified atom stereocenters. The molecule has 1 amide bonds. The lowest BCUT2D eigenvalue weighted by molar-refractivity contribution is -0.389. The molecule has 1 aromatic rings. The van der Waals surface area contributed by atoms with Crippen LogP contribution < -0.4 is 9.64 Å². The summed E-state index contributed by atoms with van der Waals surface area (Å²) in [5.41, 5.74) is 0. The third-order valence-corrected chi connectivity index (χ3v) is 4.93. The molecule has 2 aliphatic rings. The van der Waals surface area contributed by atoms with Gasteiger partial charge in [0.2, 0.25) is 0 Å². The second kappa shape index (κ2) is 7.89. The molecular weight excluding hydrogens is 354 g/mol. The minimum absolute atomic E-state index is 0.0141. The van der Waals surface area contributed by atoms with Gasteiger partial charge in [0, 0.05) is 6.07 Å². The van der Waals surface area contributed by atoms with Crippen molar-refractivity contribution >= 4 is 23.5 Å². The molecule has 9 nitrogen and oxygen atoms in total. The van der Waals surface area contributed by atoms with Crippen molar-refractivity contribution in [2.75, 3.05) is 4.90 Å². The van der Waals surface area contributed by atoms with Crippen LogP contribution in [-0.2, 0) is 14.3 Å². The van der Waals surface area contributed by atoms with Gasteiger partial charge in [-0.15, -0.1) is 0 Å². The number of amides is 1. The Balaban J connectivity index is 1.91. The van der Waals surface area contributed by atoms with Crippen LogP contribution in [0.3, 0.4) is 0 Å². The van der Waals surface area contributed by atoms with Crippen LogP contribution in [0.2, 0.25) is 0 Å². The van der Waals surface area contributed by atoms with Gasteiger partial charge in [0.1, 0.15) is 12.1 Å². The summed E-state index contributed by atoms with van der Waals surface area (Å²) in [5, 5.41) is 11.1. The quantitative estimate of drug-likeness (QED) is 0.440. The normalized spacial score (nSPS) is 21.2. The van der Waals surface area contributed by atoms with Gasteiger partial charge in [0.15, 0.2) is 11.9 Å². The van der Waals surface area contributed by atoms with Crippen molar-refractivity contribution in [3.05, 3.63) is 22.2 Å². The van der Waals surface area contributed by atoms with Gasteiger partial charge in [-0.2, -0.15) is 0 Å². The number of ether oxygens (including phenoxy) is 2. The summed E-state index contributed by atoms with van der Waals surface area (Å²) < 4.78 is 11.1. The number of carbonyl (C=O) groups excluding carboxylic acids is 2. The van der Waals surface area contributed by atoms with E-state index in [1.807, 2.05) is 0 Å². The maximum Gasteiger partial charge on any atom is 0.366 e. The van der Waals surface area contributed by atoms with Crippen LogP contribution in [0.15, 0.2) is 12.1 Å². The molecule has 3 rings (SSSR count). The molecule has 27 heavy (non-hydrogen) atoms. The predicted octanol–water partition coefficient (Wildman–Crippen LogP) is 2.76. The molecular formula is C18H23N3O6. The van der Waals surface area contributed by atoms with Crippen LogP contribution in [0.25, 0.3) is 0 Å². The van der Waals surface area contributed by atoms with Crippen molar-refractivity contribution in [1.29, 1.82) is 0 Å². The maximum atomic E-state index is 12.8. The minimum atomic E-state index is -0.904. The number of nitro groups is 1. The van der Waals surface area contributed by atoms with Gasteiger partial charge in [-0.3, -0.25) is 9.69 Å². The second-order valence-corrected chi connectivity index (χ2v) is 6.84. The number of nitrogens with zero attached hydrogens (tertiary/aromatic N) is 3. The number of hydrogen-bond donors (Lipinski definition) is 0. The summed E-state index contributed by atoms with van der Waals surface area (Å²) in [6.45, 7) is 3.33. The van der Waals surface area contributed by atoms with Gasteiger partial charge in [-0.05, 0) is 55.0 Å². The van der Waals surface area contributed by atoms with Crippen molar-refractivity contribution in [2.45, 2.75) is 70.6 Å².